The second-order valence-corrected chi connectivity index (χ2v) is 14.4. The van der Waals surface area contributed by atoms with Crippen LogP contribution >= 0.6 is 37.2 Å². The third-order valence-electron chi connectivity index (χ3n) is 5.25. The van der Waals surface area contributed by atoms with Crippen LogP contribution < -0.4 is 5.19 Å². The van der Waals surface area contributed by atoms with Gasteiger partial charge in [-0.05, 0) is 23.9 Å². The van der Waals surface area contributed by atoms with Gasteiger partial charge >= 0.3 is 0 Å². The predicted molar refractivity (Wildman–Crippen MR) is 142 cm³/mol. The van der Waals surface area contributed by atoms with Crippen LogP contribution in [0.1, 0.15) is 80.4 Å². The summed E-state index contributed by atoms with van der Waals surface area (Å²) in [5, 5.41) is 2.37. The first-order chi connectivity index (χ1) is 11.6. The second kappa shape index (κ2) is 14.6. The fourth-order valence-corrected chi connectivity index (χ4v) is 9.00. The van der Waals surface area contributed by atoms with Gasteiger partial charge in [0.2, 0.25) is 0 Å². The topological polar surface area (TPSA) is 0 Å². The van der Waals surface area contributed by atoms with Gasteiger partial charge in [0.15, 0.2) is 0 Å². The molecule has 30 heavy (non-hydrogen) atoms. The predicted octanol–water partition coefficient (Wildman–Crippen LogP) is 8.59. The number of aryl methyl sites for hydroxylation is 2. The zero-order chi connectivity index (χ0) is 20.4. The van der Waals surface area contributed by atoms with Gasteiger partial charge in [0, 0.05) is 21.7 Å². The molecule has 0 bridgehead atoms. The average Bonchev–Trinajstić information content (AvgIpc) is 2.61. The fourth-order valence-electron chi connectivity index (χ4n) is 4.27. The standard InChI is InChI=1S/C16H27Si.C9H13.3ClH.Ti/c1-12-9-13(2)11-14(10-12)17(15(3,4)5)16(6,7)8;1-6-5-7(2)9(4)8(6)3;;;;/h9-11H,1-8H3;6H,1-4H3;3*1H;/q;-1;;;;. The summed E-state index contributed by atoms with van der Waals surface area (Å²) in [6, 6.07) is 7.07. The van der Waals surface area contributed by atoms with E-state index in [0.29, 0.717) is 16.0 Å². The molecule has 1 aliphatic rings. The molecule has 173 valence electrons. The average molecular weight is 526 g/mol. The molecule has 1 aromatic carbocycles. The summed E-state index contributed by atoms with van der Waals surface area (Å²) in [7, 11) is -0.598. The van der Waals surface area contributed by atoms with E-state index in [1.165, 1.54) is 27.8 Å². The van der Waals surface area contributed by atoms with E-state index in [2.05, 4.69) is 107 Å². The van der Waals surface area contributed by atoms with Crippen molar-refractivity contribution in [1.29, 1.82) is 0 Å². The summed E-state index contributed by atoms with van der Waals surface area (Å²) in [5.41, 5.74) is 7.04. The van der Waals surface area contributed by atoms with Crippen LogP contribution in [0.5, 0.6) is 0 Å². The fraction of sp³-hybridized carbons (Fsp3) is 0.600. The van der Waals surface area contributed by atoms with Gasteiger partial charge in [0.05, 0.1) is 8.80 Å². The number of rotatable bonds is 1. The van der Waals surface area contributed by atoms with Crippen LogP contribution in [-0.2, 0) is 21.7 Å². The minimum atomic E-state index is -0.598. The van der Waals surface area contributed by atoms with Crippen LogP contribution in [0.2, 0.25) is 10.1 Å². The van der Waals surface area contributed by atoms with E-state index in [-0.39, 0.29) is 58.9 Å². The monoisotopic (exact) mass is 524 g/mol. The van der Waals surface area contributed by atoms with Crippen LogP contribution in [0.3, 0.4) is 0 Å². The molecule has 2 rings (SSSR count). The number of allylic oxidation sites excluding steroid dienone is 4. The molecule has 0 amide bonds. The van der Waals surface area contributed by atoms with Crippen molar-refractivity contribution in [2.75, 3.05) is 0 Å². The van der Waals surface area contributed by atoms with Gasteiger partial charge in [0.1, 0.15) is 0 Å². The Bertz CT molecular complexity index is 676. The van der Waals surface area contributed by atoms with Crippen molar-refractivity contribution in [2.45, 2.75) is 93.2 Å². The number of benzene rings is 1. The molecule has 1 unspecified atom stereocenters. The van der Waals surface area contributed by atoms with Gasteiger partial charge in [0.25, 0.3) is 0 Å². The summed E-state index contributed by atoms with van der Waals surface area (Å²) >= 11 is 0. The second-order valence-electron chi connectivity index (χ2n) is 10.1. The van der Waals surface area contributed by atoms with Gasteiger partial charge in [-0.15, -0.1) is 44.1 Å². The normalized spacial score (nSPS) is 15.6. The van der Waals surface area contributed by atoms with Gasteiger partial charge < -0.3 is 0 Å². The quantitative estimate of drug-likeness (QED) is 0.254. The molecular weight excluding hydrogens is 483 g/mol. The molecule has 5 heteroatoms. The Balaban J connectivity index is -0.000000226. The third kappa shape index (κ3) is 10.9. The van der Waals surface area contributed by atoms with Crippen molar-refractivity contribution in [3.63, 3.8) is 0 Å². The van der Waals surface area contributed by atoms with Crippen molar-refractivity contribution in [3.05, 3.63) is 52.1 Å². The maximum absolute atomic E-state index is 3.36. The van der Waals surface area contributed by atoms with Crippen LogP contribution in [0.15, 0.2) is 34.9 Å². The molecule has 0 spiro atoms. The van der Waals surface area contributed by atoms with E-state index in [1.54, 1.807) is 5.19 Å². The number of hydrogen-bond acceptors (Lipinski definition) is 0. The first kappa shape index (κ1) is 37.8. The largest absolute Gasteiger partial charge is 0.266 e. The van der Waals surface area contributed by atoms with E-state index in [4.69, 9.17) is 0 Å². The van der Waals surface area contributed by atoms with Gasteiger partial charge in [-0.2, -0.15) is 11.1 Å². The molecule has 0 fully saturated rings. The molecule has 0 aromatic heterocycles. The molecule has 1 aromatic rings. The zero-order valence-corrected chi connectivity index (χ0v) is 26.0. The van der Waals surface area contributed by atoms with Crippen molar-refractivity contribution in [3.8, 4) is 0 Å². The van der Waals surface area contributed by atoms with Crippen LogP contribution in [-0.4, -0.2) is 8.80 Å². The summed E-state index contributed by atoms with van der Waals surface area (Å²) in [6.07, 6.45) is 3.36. The minimum Gasteiger partial charge on any atom is -0.266 e. The Morgan fingerprint density at radius 3 is 1.30 bits per heavy atom. The Morgan fingerprint density at radius 2 is 1.10 bits per heavy atom. The smallest absolute Gasteiger partial charge is 0.0970 e. The molecule has 0 N–H and O–H groups in total. The van der Waals surface area contributed by atoms with Crippen molar-refractivity contribution < 1.29 is 21.7 Å². The molecule has 0 nitrogen and oxygen atoms in total. The van der Waals surface area contributed by atoms with Gasteiger partial charge in [-0.1, -0.05) is 103 Å². The van der Waals surface area contributed by atoms with Crippen molar-refractivity contribution >= 4 is 51.2 Å². The molecular formula is C25H43Cl3SiTi-. The van der Waals surface area contributed by atoms with Crippen LogP contribution in [0.4, 0.5) is 0 Å². The third-order valence-corrected chi connectivity index (χ3v) is 9.11. The maximum Gasteiger partial charge on any atom is 0.0970 e. The van der Waals surface area contributed by atoms with E-state index >= 15 is 0 Å². The summed E-state index contributed by atoms with van der Waals surface area (Å²) in [6.45, 7) is 27.4. The summed E-state index contributed by atoms with van der Waals surface area (Å²) in [4.78, 5) is 0. The van der Waals surface area contributed by atoms with Crippen LogP contribution in [0, 0.1) is 25.8 Å². The van der Waals surface area contributed by atoms with Crippen molar-refractivity contribution in [1.82, 2.24) is 0 Å². The summed E-state index contributed by atoms with van der Waals surface area (Å²) < 4.78 is 0. The first-order valence-corrected chi connectivity index (χ1v) is 11.4. The zero-order valence-electron chi connectivity index (χ0n) is 21.0. The number of hydrogen-bond donors (Lipinski definition) is 0. The van der Waals surface area contributed by atoms with E-state index < -0.39 is 8.80 Å². The Morgan fingerprint density at radius 1 is 0.733 bits per heavy atom. The molecule has 0 aliphatic heterocycles. The molecule has 1 radical (unpaired) electrons. The van der Waals surface area contributed by atoms with E-state index in [9.17, 15) is 0 Å². The van der Waals surface area contributed by atoms with E-state index in [0.717, 1.165) is 0 Å². The minimum absolute atomic E-state index is 0. The molecule has 1 aliphatic carbocycles. The van der Waals surface area contributed by atoms with Crippen LogP contribution in [0.25, 0.3) is 0 Å². The molecule has 1 atom stereocenters. The first-order valence-electron chi connectivity index (χ1n) is 9.89. The number of halogens is 3. The Labute approximate surface area is 222 Å². The van der Waals surface area contributed by atoms with Gasteiger partial charge in [-0.3, -0.25) is 6.08 Å². The van der Waals surface area contributed by atoms with Gasteiger partial charge in [-0.25, -0.2) is 5.57 Å². The van der Waals surface area contributed by atoms with E-state index in [1.807, 2.05) is 0 Å². The Kier molecular flexibility index (Phi) is 18.4. The summed E-state index contributed by atoms with van der Waals surface area (Å²) in [5.74, 6) is 0.560. The molecule has 0 saturated carbocycles. The SMILES string of the molecule is CC1=[C-]C(C)C(C)=C1C.Cc1cc(C)cc([Si](C(C)(C)C)C(C)(C)C)c1.Cl.Cl.Cl.[Ti]. The van der Waals surface area contributed by atoms with Crippen molar-refractivity contribution in [2.24, 2.45) is 5.92 Å². The Hall–Kier alpha value is 0.501. The molecule has 0 saturated heterocycles. The maximum atomic E-state index is 3.36. The molecule has 0 heterocycles.